The zero-order valence-corrected chi connectivity index (χ0v) is 12.3. The first-order valence-electron chi connectivity index (χ1n) is 5.99. The van der Waals surface area contributed by atoms with Crippen molar-refractivity contribution in [2.24, 2.45) is 0 Å². The van der Waals surface area contributed by atoms with Gasteiger partial charge in [-0.1, -0.05) is 5.16 Å². The summed E-state index contributed by atoms with van der Waals surface area (Å²) >= 11 is 0. The molecule has 0 fully saturated rings. The van der Waals surface area contributed by atoms with Gasteiger partial charge in [0.25, 0.3) is 0 Å². The van der Waals surface area contributed by atoms with Gasteiger partial charge in [0.1, 0.15) is 11.5 Å². The van der Waals surface area contributed by atoms with Gasteiger partial charge in [0.05, 0.1) is 24.2 Å². The van der Waals surface area contributed by atoms with E-state index in [-0.39, 0.29) is 11.4 Å². The van der Waals surface area contributed by atoms with E-state index in [1.54, 1.807) is 32.0 Å². The fraction of sp³-hybridized carbons (Fsp3) is 0.308. The number of hydrogen-bond donors (Lipinski definition) is 1. The van der Waals surface area contributed by atoms with Crippen molar-refractivity contribution in [3.8, 4) is 5.75 Å². The maximum atomic E-state index is 12.2. The molecule has 7 heteroatoms. The van der Waals surface area contributed by atoms with Crippen LogP contribution in [0.4, 0.5) is 0 Å². The Balaban J connectivity index is 2.18. The van der Waals surface area contributed by atoms with Crippen molar-refractivity contribution in [1.82, 2.24) is 9.88 Å². The van der Waals surface area contributed by atoms with Gasteiger partial charge in [0.15, 0.2) is 0 Å². The number of ether oxygens (including phenoxy) is 1. The molecule has 0 aliphatic carbocycles. The van der Waals surface area contributed by atoms with Crippen molar-refractivity contribution in [1.29, 1.82) is 0 Å². The summed E-state index contributed by atoms with van der Waals surface area (Å²) in [5.74, 6) is 1.26. The number of rotatable bonds is 5. The molecule has 0 saturated heterocycles. The summed E-state index contributed by atoms with van der Waals surface area (Å²) < 4.78 is 36.9. The third-order valence-corrected chi connectivity index (χ3v) is 4.35. The number of methoxy groups -OCH3 is 1. The van der Waals surface area contributed by atoms with E-state index in [1.807, 2.05) is 0 Å². The Hall–Kier alpha value is -1.86. The predicted molar refractivity (Wildman–Crippen MR) is 73.0 cm³/mol. The lowest BCUT2D eigenvalue weighted by atomic mass is 10.2. The van der Waals surface area contributed by atoms with E-state index in [2.05, 4.69) is 9.88 Å². The van der Waals surface area contributed by atoms with E-state index < -0.39 is 10.0 Å². The van der Waals surface area contributed by atoms with Crippen LogP contribution in [-0.4, -0.2) is 20.7 Å². The maximum absolute atomic E-state index is 12.2. The number of hydrogen-bond acceptors (Lipinski definition) is 5. The Labute approximate surface area is 117 Å². The van der Waals surface area contributed by atoms with E-state index in [0.29, 0.717) is 22.8 Å². The van der Waals surface area contributed by atoms with Gasteiger partial charge in [0.2, 0.25) is 10.0 Å². The topological polar surface area (TPSA) is 81.4 Å². The van der Waals surface area contributed by atoms with Crippen molar-refractivity contribution in [2.75, 3.05) is 7.11 Å². The van der Waals surface area contributed by atoms with Gasteiger partial charge in [-0.15, -0.1) is 0 Å². The molecule has 0 aliphatic heterocycles. The standard InChI is InChI=1S/C13H16N2O4S/c1-9-6-12(18-3)4-5-13(9)20(16,17)14-8-11-7-10(2)19-15-11/h4-7,14H,8H2,1-3H3. The molecule has 2 rings (SSSR count). The second kappa shape index (κ2) is 5.64. The minimum absolute atomic E-state index is 0.0884. The average molecular weight is 296 g/mol. The van der Waals surface area contributed by atoms with E-state index >= 15 is 0 Å². The molecule has 0 spiro atoms. The summed E-state index contributed by atoms with van der Waals surface area (Å²) in [7, 11) is -2.06. The molecule has 20 heavy (non-hydrogen) atoms. The van der Waals surface area contributed by atoms with Crippen LogP contribution in [0, 0.1) is 13.8 Å². The number of benzene rings is 1. The Morgan fingerprint density at radius 3 is 2.60 bits per heavy atom. The Kier molecular flexibility index (Phi) is 4.10. The quantitative estimate of drug-likeness (QED) is 0.909. The van der Waals surface area contributed by atoms with Crippen LogP contribution in [0.5, 0.6) is 5.75 Å². The van der Waals surface area contributed by atoms with Gasteiger partial charge >= 0.3 is 0 Å². The van der Waals surface area contributed by atoms with Crippen LogP contribution in [-0.2, 0) is 16.6 Å². The maximum Gasteiger partial charge on any atom is 0.241 e. The van der Waals surface area contributed by atoms with Crippen LogP contribution in [0.25, 0.3) is 0 Å². The van der Waals surface area contributed by atoms with Crippen LogP contribution < -0.4 is 9.46 Å². The summed E-state index contributed by atoms with van der Waals surface area (Å²) in [5.41, 5.74) is 1.16. The lowest BCUT2D eigenvalue weighted by Crippen LogP contribution is -2.24. The largest absolute Gasteiger partial charge is 0.497 e. The molecule has 0 unspecified atom stereocenters. The average Bonchev–Trinajstić information content (AvgIpc) is 2.82. The first kappa shape index (κ1) is 14.5. The first-order valence-corrected chi connectivity index (χ1v) is 7.47. The van der Waals surface area contributed by atoms with Crippen molar-refractivity contribution in [3.05, 3.63) is 41.3 Å². The highest BCUT2D eigenvalue weighted by Crippen LogP contribution is 2.21. The summed E-state index contributed by atoms with van der Waals surface area (Å²) in [6.45, 7) is 3.56. The Morgan fingerprint density at radius 1 is 1.30 bits per heavy atom. The van der Waals surface area contributed by atoms with Gasteiger partial charge in [0, 0.05) is 6.07 Å². The van der Waals surface area contributed by atoms with Crippen LogP contribution >= 0.6 is 0 Å². The number of aryl methyl sites for hydroxylation is 2. The second-order valence-corrected chi connectivity index (χ2v) is 6.12. The van der Waals surface area contributed by atoms with Crippen LogP contribution in [0.2, 0.25) is 0 Å². The molecule has 108 valence electrons. The molecule has 0 amide bonds. The van der Waals surface area contributed by atoms with Crippen LogP contribution in [0.15, 0.2) is 33.7 Å². The highest BCUT2D eigenvalue weighted by molar-refractivity contribution is 7.89. The molecule has 1 aromatic heterocycles. The van der Waals surface area contributed by atoms with Gasteiger partial charge in [-0.2, -0.15) is 0 Å². The molecule has 0 aliphatic rings. The molecule has 2 aromatic rings. The SMILES string of the molecule is COc1ccc(S(=O)(=O)NCc2cc(C)on2)c(C)c1. The normalized spacial score (nSPS) is 11.6. The van der Waals surface area contributed by atoms with Gasteiger partial charge < -0.3 is 9.26 Å². The Morgan fingerprint density at radius 2 is 2.05 bits per heavy atom. The minimum Gasteiger partial charge on any atom is -0.497 e. The number of aromatic nitrogens is 1. The molecule has 0 atom stereocenters. The van der Waals surface area contributed by atoms with Gasteiger partial charge in [-0.25, -0.2) is 13.1 Å². The van der Waals surface area contributed by atoms with Crippen molar-refractivity contribution < 1.29 is 17.7 Å². The molecule has 1 heterocycles. The van der Waals surface area contributed by atoms with Crippen molar-refractivity contribution in [3.63, 3.8) is 0 Å². The monoisotopic (exact) mass is 296 g/mol. The highest BCUT2D eigenvalue weighted by atomic mass is 32.2. The number of nitrogens with zero attached hydrogens (tertiary/aromatic N) is 1. The minimum atomic E-state index is -3.59. The molecule has 0 radical (unpaired) electrons. The van der Waals surface area contributed by atoms with E-state index in [1.165, 1.54) is 13.2 Å². The Bertz CT molecular complexity index is 707. The predicted octanol–water partition coefficient (Wildman–Crippen LogP) is 1.78. The molecule has 0 saturated carbocycles. The van der Waals surface area contributed by atoms with Crippen LogP contribution in [0.1, 0.15) is 17.0 Å². The first-order chi connectivity index (χ1) is 9.42. The van der Waals surface area contributed by atoms with Gasteiger partial charge in [-0.3, -0.25) is 0 Å². The summed E-state index contributed by atoms with van der Waals surface area (Å²) in [4.78, 5) is 0.221. The lowest BCUT2D eigenvalue weighted by Gasteiger charge is -2.09. The third kappa shape index (κ3) is 3.17. The second-order valence-electron chi connectivity index (χ2n) is 4.38. The number of nitrogens with one attached hydrogen (secondary N) is 1. The summed E-state index contributed by atoms with van der Waals surface area (Å²) in [6, 6.07) is 6.49. The zero-order chi connectivity index (χ0) is 14.8. The van der Waals surface area contributed by atoms with Crippen molar-refractivity contribution in [2.45, 2.75) is 25.3 Å². The lowest BCUT2D eigenvalue weighted by molar-refractivity contribution is 0.390. The zero-order valence-electron chi connectivity index (χ0n) is 11.5. The smallest absolute Gasteiger partial charge is 0.241 e. The molecular formula is C13H16N2O4S. The van der Waals surface area contributed by atoms with E-state index in [9.17, 15) is 8.42 Å². The molecule has 1 aromatic carbocycles. The van der Waals surface area contributed by atoms with Crippen LogP contribution in [0.3, 0.4) is 0 Å². The summed E-state index contributed by atoms with van der Waals surface area (Å²) in [6.07, 6.45) is 0. The molecular weight excluding hydrogens is 280 g/mol. The van der Waals surface area contributed by atoms with Gasteiger partial charge in [-0.05, 0) is 37.6 Å². The van der Waals surface area contributed by atoms with E-state index in [4.69, 9.17) is 9.26 Å². The third-order valence-electron chi connectivity index (χ3n) is 2.79. The fourth-order valence-electron chi connectivity index (χ4n) is 1.80. The highest BCUT2D eigenvalue weighted by Gasteiger charge is 2.17. The van der Waals surface area contributed by atoms with Crippen molar-refractivity contribution >= 4 is 10.0 Å². The molecule has 0 bridgehead atoms. The fourth-order valence-corrected chi connectivity index (χ4v) is 3.02. The molecule has 1 N–H and O–H groups in total. The number of sulfonamides is 1. The molecule has 6 nitrogen and oxygen atoms in total. The van der Waals surface area contributed by atoms with E-state index in [0.717, 1.165) is 0 Å². The summed E-state index contributed by atoms with van der Waals surface area (Å²) in [5, 5.41) is 3.74.